The van der Waals surface area contributed by atoms with E-state index in [1.807, 2.05) is 0 Å². The normalized spacial score (nSPS) is 31.6. The van der Waals surface area contributed by atoms with Gasteiger partial charge in [-0.25, -0.2) is 4.39 Å². The number of ether oxygens (including phenoxy) is 1. The van der Waals surface area contributed by atoms with Gasteiger partial charge in [-0.2, -0.15) is 0 Å². The second kappa shape index (κ2) is 4.95. The molecule has 0 aromatic heterocycles. The van der Waals surface area contributed by atoms with Gasteiger partial charge in [0.25, 0.3) is 0 Å². The molecule has 1 heterocycles. The molecule has 2 rings (SSSR count). The molecule has 2 unspecified atom stereocenters. The van der Waals surface area contributed by atoms with E-state index in [0.717, 1.165) is 12.0 Å². The van der Waals surface area contributed by atoms with E-state index in [1.54, 1.807) is 4.90 Å². The number of halogens is 1. The summed E-state index contributed by atoms with van der Waals surface area (Å²) in [6.07, 6.45) is 0.689. The van der Waals surface area contributed by atoms with Gasteiger partial charge in [-0.3, -0.25) is 4.79 Å². The third kappa shape index (κ3) is 2.43. The molecule has 16 heavy (non-hydrogen) atoms. The Labute approximate surface area is 95.3 Å². The molecule has 1 aliphatic carbocycles. The number of nitrogens with zero attached hydrogens (tertiary/aromatic N) is 1. The van der Waals surface area contributed by atoms with Gasteiger partial charge < -0.3 is 9.64 Å². The van der Waals surface area contributed by atoms with Gasteiger partial charge in [0.05, 0.1) is 19.1 Å². The summed E-state index contributed by atoms with van der Waals surface area (Å²) in [6, 6.07) is 0. The average molecular weight is 227 g/mol. The molecule has 0 radical (unpaired) electrons. The Morgan fingerprint density at radius 3 is 2.75 bits per heavy atom. The number of hydrogen-bond donors (Lipinski definition) is 0. The standard InChI is InChI=1S/C12H18FNO2/c1-9-2-3-10(11(13)8-9)12(15)14-4-6-16-7-5-14/h10-11H,1-8H2. The molecule has 90 valence electrons. The Kier molecular flexibility index (Phi) is 3.59. The Bertz CT molecular complexity index is 287. The molecule has 0 spiro atoms. The quantitative estimate of drug-likeness (QED) is 0.636. The van der Waals surface area contributed by atoms with Crippen LogP contribution in [0.4, 0.5) is 4.39 Å². The zero-order valence-corrected chi connectivity index (χ0v) is 9.45. The topological polar surface area (TPSA) is 29.5 Å². The fourth-order valence-corrected chi connectivity index (χ4v) is 2.36. The van der Waals surface area contributed by atoms with E-state index in [9.17, 15) is 9.18 Å². The summed E-state index contributed by atoms with van der Waals surface area (Å²) in [5.74, 6) is -0.494. The van der Waals surface area contributed by atoms with Crippen molar-refractivity contribution in [2.45, 2.75) is 25.4 Å². The van der Waals surface area contributed by atoms with Crippen LogP contribution < -0.4 is 0 Å². The smallest absolute Gasteiger partial charge is 0.228 e. The minimum Gasteiger partial charge on any atom is -0.378 e. The number of morpholine rings is 1. The molecule has 3 nitrogen and oxygen atoms in total. The maximum Gasteiger partial charge on any atom is 0.228 e. The van der Waals surface area contributed by atoms with Gasteiger partial charge in [-0.15, -0.1) is 0 Å². The van der Waals surface area contributed by atoms with E-state index in [1.165, 1.54) is 0 Å². The summed E-state index contributed by atoms with van der Waals surface area (Å²) in [4.78, 5) is 13.8. The maximum atomic E-state index is 13.8. The molecule has 2 fully saturated rings. The van der Waals surface area contributed by atoms with Crippen molar-refractivity contribution in [1.82, 2.24) is 4.90 Å². The van der Waals surface area contributed by atoms with Crippen LogP contribution in [0.25, 0.3) is 0 Å². The van der Waals surface area contributed by atoms with Crippen molar-refractivity contribution in [3.8, 4) is 0 Å². The van der Waals surface area contributed by atoms with Gasteiger partial charge in [0.2, 0.25) is 5.91 Å². The van der Waals surface area contributed by atoms with Gasteiger partial charge in [0.15, 0.2) is 0 Å². The van der Waals surface area contributed by atoms with E-state index in [4.69, 9.17) is 4.74 Å². The summed E-state index contributed by atoms with van der Waals surface area (Å²) in [7, 11) is 0. The van der Waals surface area contributed by atoms with Crippen LogP contribution in [0.3, 0.4) is 0 Å². The molecule has 1 amide bonds. The predicted molar refractivity (Wildman–Crippen MR) is 58.8 cm³/mol. The number of hydrogen-bond acceptors (Lipinski definition) is 2. The number of carbonyl (C=O) groups is 1. The molecule has 2 atom stereocenters. The van der Waals surface area contributed by atoms with E-state index >= 15 is 0 Å². The third-order valence-corrected chi connectivity index (χ3v) is 3.37. The lowest BCUT2D eigenvalue weighted by molar-refractivity contribution is -0.142. The molecule has 1 aliphatic heterocycles. The lowest BCUT2D eigenvalue weighted by atomic mass is 9.84. The fraction of sp³-hybridized carbons (Fsp3) is 0.750. The summed E-state index contributed by atoms with van der Waals surface area (Å²) in [5, 5.41) is 0. The number of amides is 1. The lowest BCUT2D eigenvalue weighted by Gasteiger charge is -2.33. The number of allylic oxidation sites excluding steroid dienone is 1. The number of carbonyl (C=O) groups excluding carboxylic acids is 1. The van der Waals surface area contributed by atoms with Crippen molar-refractivity contribution in [2.24, 2.45) is 5.92 Å². The average Bonchev–Trinajstić information content (AvgIpc) is 2.29. The minimum absolute atomic E-state index is 0.0386. The summed E-state index contributed by atoms with van der Waals surface area (Å²) in [6.45, 7) is 6.13. The van der Waals surface area contributed by atoms with Crippen LogP contribution in [0.1, 0.15) is 19.3 Å². The molecule has 4 heteroatoms. The minimum atomic E-state index is -1.04. The van der Waals surface area contributed by atoms with Crippen LogP contribution in [0.2, 0.25) is 0 Å². The van der Waals surface area contributed by atoms with Crippen LogP contribution in [-0.4, -0.2) is 43.3 Å². The monoisotopic (exact) mass is 227 g/mol. The second-order valence-corrected chi connectivity index (χ2v) is 4.55. The SMILES string of the molecule is C=C1CCC(C(=O)N2CCOCC2)C(F)C1. The van der Waals surface area contributed by atoms with E-state index in [0.29, 0.717) is 39.1 Å². The highest BCUT2D eigenvalue weighted by molar-refractivity contribution is 5.79. The molecule has 0 bridgehead atoms. The maximum absolute atomic E-state index is 13.8. The largest absolute Gasteiger partial charge is 0.378 e. The van der Waals surface area contributed by atoms with Crippen molar-refractivity contribution < 1.29 is 13.9 Å². The Morgan fingerprint density at radius 1 is 1.44 bits per heavy atom. The molecule has 1 saturated carbocycles. The van der Waals surface area contributed by atoms with Crippen LogP contribution in [-0.2, 0) is 9.53 Å². The predicted octanol–water partition coefficient (Wildman–Crippen LogP) is 1.54. The van der Waals surface area contributed by atoms with Crippen molar-refractivity contribution in [2.75, 3.05) is 26.3 Å². The highest BCUT2D eigenvalue weighted by Crippen LogP contribution is 2.31. The third-order valence-electron chi connectivity index (χ3n) is 3.37. The first-order valence-electron chi connectivity index (χ1n) is 5.85. The molecular formula is C12H18FNO2. The Balaban J connectivity index is 1.95. The highest BCUT2D eigenvalue weighted by atomic mass is 19.1. The van der Waals surface area contributed by atoms with E-state index < -0.39 is 12.1 Å². The summed E-state index contributed by atoms with van der Waals surface area (Å²) in [5.41, 5.74) is 0.929. The Hall–Kier alpha value is -0.900. The van der Waals surface area contributed by atoms with Gasteiger partial charge in [-0.05, 0) is 12.8 Å². The van der Waals surface area contributed by atoms with Crippen LogP contribution in [0.5, 0.6) is 0 Å². The van der Waals surface area contributed by atoms with E-state index in [2.05, 4.69) is 6.58 Å². The van der Waals surface area contributed by atoms with Gasteiger partial charge in [0, 0.05) is 19.5 Å². The van der Waals surface area contributed by atoms with Crippen molar-refractivity contribution in [3.63, 3.8) is 0 Å². The number of rotatable bonds is 1. The first-order chi connectivity index (χ1) is 7.68. The van der Waals surface area contributed by atoms with Crippen molar-refractivity contribution >= 4 is 5.91 Å². The lowest BCUT2D eigenvalue weighted by Crippen LogP contribution is -2.46. The molecule has 0 aromatic carbocycles. The second-order valence-electron chi connectivity index (χ2n) is 4.55. The summed E-state index contributed by atoms with van der Waals surface area (Å²) >= 11 is 0. The van der Waals surface area contributed by atoms with Crippen molar-refractivity contribution in [3.05, 3.63) is 12.2 Å². The van der Waals surface area contributed by atoms with Crippen molar-refractivity contribution in [1.29, 1.82) is 0 Å². The molecule has 0 aromatic rings. The van der Waals surface area contributed by atoms with Gasteiger partial charge in [0.1, 0.15) is 6.17 Å². The summed E-state index contributed by atoms with van der Waals surface area (Å²) < 4.78 is 18.9. The van der Waals surface area contributed by atoms with Crippen LogP contribution >= 0.6 is 0 Å². The molecule has 2 aliphatic rings. The first-order valence-corrected chi connectivity index (χ1v) is 5.85. The molecule has 0 N–H and O–H groups in total. The number of alkyl halides is 1. The highest BCUT2D eigenvalue weighted by Gasteiger charge is 2.35. The first kappa shape index (κ1) is 11.6. The van der Waals surface area contributed by atoms with Gasteiger partial charge in [-0.1, -0.05) is 12.2 Å². The zero-order chi connectivity index (χ0) is 11.5. The van der Waals surface area contributed by atoms with Crippen LogP contribution in [0.15, 0.2) is 12.2 Å². The Morgan fingerprint density at radius 2 is 2.12 bits per heavy atom. The molecule has 1 saturated heterocycles. The van der Waals surface area contributed by atoms with Crippen LogP contribution in [0, 0.1) is 5.92 Å². The van der Waals surface area contributed by atoms with E-state index in [-0.39, 0.29) is 5.91 Å². The fourth-order valence-electron chi connectivity index (χ4n) is 2.36. The zero-order valence-electron chi connectivity index (χ0n) is 9.45. The van der Waals surface area contributed by atoms with Gasteiger partial charge >= 0.3 is 0 Å². The molecular weight excluding hydrogens is 209 g/mol.